The number of benzene rings is 3. The standard InChI is InChI=1S/C28H25N3O3S/c1-2-3-6-19-33-23-15-13-21(14-16-23)27-18-17-26(35-27)20-9-11-22(12-10-20)28(32)34-31-25-8-5-4-7-24(25)29-30-31/h4-5,7-18H,2-3,6,19H2,1H3. The summed E-state index contributed by atoms with van der Waals surface area (Å²) in [6, 6.07) is 27.2. The first kappa shape index (κ1) is 22.8. The van der Waals surface area contributed by atoms with E-state index in [-0.39, 0.29) is 0 Å². The van der Waals surface area contributed by atoms with Crippen molar-refractivity contribution in [3.05, 3.63) is 90.5 Å². The van der Waals surface area contributed by atoms with E-state index in [4.69, 9.17) is 9.57 Å². The molecule has 0 aliphatic rings. The average molecular weight is 484 g/mol. The van der Waals surface area contributed by atoms with Gasteiger partial charge < -0.3 is 9.57 Å². The van der Waals surface area contributed by atoms with Crippen LogP contribution in [0.15, 0.2) is 84.9 Å². The van der Waals surface area contributed by atoms with E-state index >= 15 is 0 Å². The Balaban J connectivity index is 1.24. The first-order valence-corrected chi connectivity index (χ1v) is 12.5. The summed E-state index contributed by atoms with van der Waals surface area (Å²) in [5.74, 6) is 0.416. The number of hydrogen-bond donors (Lipinski definition) is 0. The number of ether oxygens (including phenoxy) is 1. The lowest BCUT2D eigenvalue weighted by Crippen LogP contribution is -2.20. The summed E-state index contributed by atoms with van der Waals surface area (Å²) in [5, 5.41) is 7.90. The minimum atomic E-state index is -0.490. The van der Waals surface area contributed by atoms with Gasteiger partial charge in [0.2, 0.25) is 0 Å². The van der Waals surface area contributed by atoms with E-state index < -0.39 is 5.97 Å². The van der Waals surface area contributed by atoms with Crippen LogP contribution < -0.4 is 9.57 Å². The Labute approximate surface area is 207 Å². The molecule has 176 valence electrons. The van der Waals surface area contributed by atoms with Gasteiger partial charge in [-0.3, -0.25) is 0 Å². The highest BCUT2D eigenvalue weighted by Crippen LogP contribution is 2.35. The maximum absolute atomic E-state index is 12.6. The smallest absolute Gasteiger partial charge is 0.365 e. The summed E-state index contributed by atoms with van der Waals surface area (Å²) in [4.78, 5) is 21.5. The molecule has 0 fully saturated rings. The maximum atomic E-state index is 12.6. The van der Waals surface area contributed by atoms with Crippen molar-refractivity contribution in [2.45, 2.75) is 26.2 Å². The molecule has 5 rings (SSSR count). The van der Waals surface area contributed by atoms with Gasteiger partial charge in [-0.2, -0.15) is 0 Å². The molecule has 35 heavy (non-hydrogen) atoms. The molecule has 0 atom stereocenters. The minimum Gasteiger partial charge on any atom is -0.494 e. The van der Waals surface area contributed by atoms with Gasteiger partial charge in [-0.25, -0.2) is 4.79 Å². The van der Waals surface area contributed by atoms with E-state index in [9.17, 15) is 4.79 Å². The number of thiophene rings is 1. The molecule has 5 aromatic rings. The Bertz CT molecular complexity index is 1420. The molecule has 7 heteroatoms. The van der Waals surface area contributed by atoms with Gasteiger partial charge in [0.1, 0.15) is 16.8 Å². The summed E-state index contributed by atoms with van der Waals surface area (Å²) in [7, 11) is 0. The van der Waals surface area contributed by atoms with Crippen molar-refractivity contribution in [1.29, 1.82) is 0 Å². The second-order valence-electron chi connectivity index (χ2n) is 8.15. The predicted octanol–water partition coefficient (Wildman–Crippen LogP) is 6.66. The van der Waals surface area contributed by atoms with Crippen molar-refractivity contribution in [1.82, 2.24) is 15.2 Å². The average Bonchev–Trinajstić information content (AvgIpc) is 3.55. The molecule has 0 unspecified atom stereocenters. The summed E-state index contributed by atoms with van der Waals surface area (Å²) in [6.07, 6.45) is 3.47. The van der Waals surface area contributed by atoms with Crippen molar-refractivity contribution in [3.63, 3.8) is 0 Å². The van der Waals surface area contributed by atoms with Gasteiger partial charge in [0, 0.05) is 9.75 Å². The number of hydrogen-bond acceptors (Lipinski definition) is 6. The fraction of sp³-hybridized carbons (Fsp3) is 0.179. The molecule has 2 heterocycles. The van der Waals surface area contributed by atoms with Crippen molar-refractivity contribution < 1.29 is 14.4 Å². The van der Waals surface area contributed by atoms with Crippen LogP contribution in [-0.4, -0.2) is 27.7 Å². The largest absolute Gasteiger partial charge is 0.494 e. The summed E-state index contributed by atoms with van der Waals surface area (Å²) < 4.78 is 5.81. The lowest BCUT2D eigenvalue weighted by Gasteiger charge is -2.06. The normalized spacial score (nSPS) is 11.0. The van der Waals surface area contributed by atoms with Crippen LogP contribution in [0.2, 0.25) is 0 Å². The molecular formula is C28H25N3O3S. The zero-order chi connectivity index (χ0) is 24.0. The van der Waals surface area contributed by atoms with Crippen LogP contribution in [0.1, 0.15) is 36.5 Å². The molecule has 0 bridgehead atoms. The molecule has 2 aromatic heterocycles. The van der Waals surface area contributed by atoms with Crippen LogP contribution >= 0.6 is 11.3 Å². The Morgan fingerprint density at radius 1 is 0.857 bits per heavy atom. The molecule has 0 saturated carbocycles. The number of carbonyl (C=O) groups is 1. The first-order valence-electron chi connectivity index (χ1n) is 11.7. The van der Waals surface area contributed by atoms with Crippen molar-refractivity contribution in [3.8, 4) is 26.6 Å². The number of fused-ring (bicyclic) bond motifs is 1. The van der Waals surface area contributed by atoms with Crippen molar-refractivity contribution in [2.24, 2.45) is 0 Å². The highest BCUT2D eigenvalue weighted by molar-refractivity contribution is 7.18. The summed E-state index contributed by atoms with van der Waals surface area (Å²) >= 11 is 1.71. The van der Waals surface area contributed by atoms with E-state index in [0.29, 0.717) is 16.6 Å². The van der Waals surface area contributed by atoms with E-state index in [1.54, 1.807) is 29.5 Å². The summed E-state index contributed by atoms with van der Waals surface area (Å²) in [6.45, 7) is 2.95. The molecule has 0 aliphatic heterocycles. The molecule has 0 N–H and O–H groups in total. The van der Waals surface area contributed by atoms with E-state index in [1.165, 1.54) is 17.7 Å². The van der Waals surface area contributed by atoms with Crippen LogP contribution in [0.25, 0.3) is 31.9 Å². The lowest BCUT2D eigenvalue weighted by molar-refractivity contribution is 0.0409. The second kappa shape index (κ2) is 10.5. The number of para-hydroxylation sites is 1. The fourth-order valence-electron chi connectivity index (χ4n) is 3.72. The van der Waals surface area contributed by atoms with E-state index in [0.717, 1.165) is 39.6 Å². The quantitative estimate of drug-likeness (QED) is 0.173. The summed E-state index contributed by atoms with van der Waals surface area (Å²) in [5.41, 5.74) is 3.94. The number of nitrogens with zero attached hydrogens (tertiary/aromatic N) is 3. The van der Waals surface area contributed by atoms with Gasteiger partial charge in [-0.1, -0.05) is 48.9 Å². The Morgan fingerprint density at radius 2 is 1.54 bits per heavy atom. The van der Waals surface area contributed by atoms with Gasteiger partial charge in [-0.05, 0) is 83.4 Å². The maximum Gasteiger partial charge on any atom is 0.365 e. The van der Waals surface area contributed by atoms with Crippen molar-refractivity contribution >= 4 is 28.3 Å². The predicted molar refractivity (Wildman–Crippen MR) is 139 cm³/mol. The van der Waals surface area contributed by atoms with Gasteiger partial charge in [0.15, 0.2) is 0 Å². The number of aromatic nitrogens is 3. The highest BCUT2D eigenvalue weighted by atomic mass is 32.1. The van der Waals surface area contributed by atoms with E-state index in [1.807, 2.05) is 42.5 Å². The topological polar surface area (TPSA) is 66.2 Å². The van der Waals surface area contributed by atoms with Crippen LogP contribution in [0, 0.1) is 0 Å². The second-order valence-corrected chi connectivity index (χ2v) is 9.23. The molecule has 6 nitrogen and oxygen atoms in total. The van der Waals surface area contributed by atoms with Crippen LogP contribution in [0.4, 0.5) is 0 Å². The SMILES string of the molecule is CCCCCOc1ccc(-c2ccc(-c3ccc(C(=O)On4nnc5ccccc54)cc3)s2)cc1. The van der Waals surface area contributed by atoms with E-state index in [2.05, 4.69) is 41.5 Å². The van der Waals surface area contributed by atoms with Gasteiger partial charge in [0.05, 0.1) is 12.2 Å². The highest BCUT2D eigenvalue weighted by Gasteiger charge is 2.13. The molecule has 0 aliphatic carbocycles. The third kappa shape index (κ3) is 5.25. The minimum absolute atomic E-state index is 0.444. The van der Waals surface area contributed by atoms with Crippen LogP contribution in [-0.2, 0) is 0 Å². The monoisotopic (exact) mass is 483 g/mol. The Kier molecular flexibility index (Phi) is 6.86. The van der Waals surface area contributed by atoms with Gasteiger partial charge in [-0.15, -0.1) is 16.4 Å². The third-order valence-electron chi connectivity index (χ3n) is 5.66. The number of rotatable bonds is 9. The van der Waals surface area contributed by atoms with Crippen LogP contribution in [0.3, 0.4) is 0 Å². The Morgan fingerprint density at radius 3 is 2.26 bits per heavy atom. The number of unbranched alkanes of at least 4 members (excludes halogenated alkanes) is 2. The Hall–Kier alpha value is -3.97. The number of carbonyl (C=O) groups excluding carboxylic acids is 1. The molecule has 0 amide bonds. The molecular weight excluding hydrogens is 458 g/mol. The van der Waals surface area contributed by atoms with Crippen LogP contribution in [0.5, 0.6) is 5.75 Å². The zero-order valence-electron chi connectivity index (χ0n) is 19.4. The molecule has 3 aromatic carbocycles. The lowest BCUT2D eigenvalue weighted by atomic mass is 10.1. The fourth-order valence-corrected chi connectivity index (χ4v) is 4.74. The molecule has 0 spiro atoms. The molecule has 0 saturated heterocycles. The zero-order valence-corrected chi connectivity index (χ0v) is 20.2. The molecule has 0 radical (unpaired) electrons. The first-order chi connectivity index (χ1) is 17.2. The van der Waals surface area contributed by atoms with Crippen molar-refractivity contribution in [2.75, 3.05) is 6.61 Å². The van der Waals surface area contributed by atoms with Gasteiger partial charge in [0.25, 0.3) is 0 Å². The third-order valence-corrected chi connectivity index (χ3v) is 6.84. The van der Waals surface area contributed by atoms with Gasteiger partial charge >= 0.3 is 5.97 Å².